The van der Waals surface area contributed by atoms with E-state index in [0.29, 0.717) is 31.6 Å². The Morgan fingerprint density at radius 2 is 1.90 bits per heavy atom. The van der Waals surface area contributed by atoms with Gasteiger partial charge in [0, 0.05) is 23.6 Å². The predicted octanol–water partition coefficient (Wildman–Crippen LogP) is 3.19. The second-order valence-electron chi connectivity index (χ2n) is 5.79. The van der Waals surface area contributed by atoms with Crippen molar-refractivity contribution in [1.29, 1.82) is 0 Å². The lowest BCUT2D eigenvalue weighted by molar-refractivity contribution is 0.560. The Bertz CT molecular complexity index is 454. The Morgan fingerprint density at radius 3 is 2.50 bits per heavy atom. The smallest absolute Gasteiger partial charge is 0.149 e. The molecule has 2 rings (SSSR count). The van der Waals surface area contributed by atoms with E-state index in [1.54, 1.807) is 0 Å². The van der Waals surface area contributed by atoms with Gasteiger partial charge in [-0.25, -0.2) is 8.78 Å². The van der Waals surface area contributed by atoms with Crippen LogP contribution in [0.25, 0.3) is 0 Å². The van der Waals surface area contributed by atoms with E-state index < -0.39 is 11.6 Å². The third kappa shape index (κ3) is 3.64. The van der Waals surface area contributed by atoms with Gasteiger partial charge in [0.1, 0.15) is 17.3 Å². The topological polar surface area (TPSA) is 29.3 Å². The van der Waals surface area contributed by atoms with Crippen molar-refractivity contribution in [2.24, 2.45) is 5.73 Å². The van der Waals surface area contributed by atoms with Crippen LogP contribution in [0.4, 0.5) is 14.5 Å². The molecule has 1 fully saturated rings. The van der Waals surface area contributed by atoms with E-state index in [1.165, 1.54) is 12.1 Å². The summed E-state index contributed by atoms with van der Waals surface area (Å²) in [5, 5.41) is 0. The van der Waals surface area contributed by atoms with E-state index in [9.17, 15) is 8.78 Å². The van der Waals surface area contributed by atoms with E-state index in [2.05, 4.69) is 13.8 Å². The lowest BCUT2D eigenvalue weighted by Gasteiger charge is -2.25. The normalized spacial score (nSPS) is 18.9. The van der Waals surface area contributed by atoms with Gasteiger partial charge in [-0.15, -0.1) is 0 Å². The standard InChI is InChI=1S/C15H22F2N2S/c1-15(2)4-6-19(7-8-20-15)14-12(16)9-11(3-5-18)10-13(14)17/h9-10H,3-8,18H2,1-2H3. The lowest BCUT2D eigenvalue weighted by Crippen LogP contribution is -2.28. The van der Waals surface area contributed by atoms with Crippen molar-refractivity contribution >= 4 is 17.4 Å². The molecule has 112 valence electrons. The largest absolute Gasteiger partial charge is 0.366 e. The molecule has 0 radical (unpaired) electrons. The average Bonchev–Trinajstić information content (AvgIpc) is 2.51. The minimum Gasteiger partial charge on any atom is -0.366 e. The zero-order valence-electron chi connectivity index (χ0n) is 12.1. The van der Waals surface area contributed by atoms with Crippen LogP contribution >= 0.6 is 11.8 Å². The van der Waals surface area contributed by atoms with Crippen molar-refractivity contribution < 1.29 is 8.78 Å². The number of anilines is 1. The van der Waals surface area contributed by atoms with Gasteiger partial charge in [0.15, 0.2) is 0 Å². The van der Waals surface area contributed by atoms with Crippen molar-refractivity contribution in [2.75, 3.05) is 30.3 Å². The molecule has 1 aliphatic rings. The van der Waals surface area contributed by atoms with Gasteiger partial charge in [0.25, 0.3) is 0 Å². The minimum atomic E-state index is -0.474. The molecular weight excluding hydrogens is 278 g/mol. The summed E-state index contributed by atoms with van der Waals surface area (Å²) < 4.78 is 28.6. The van der Waals surface area contributed by atoms with Gasteiger partial charge in [-0.2, -0.15) is 11.8 Å². The molecule has 0 unspecified atom stereocenters. The zero-order chi connectivity index (χ0) is 14.8. The average molecular weight is 300 g/mol. The van der Waals surface area contributed by atoms with Gasteiger partial charge >= 0.3 is 0 Å². The third-order valence-electron chi connectivity index (χ3n) is 3.66. The summed E-state index contributed by atoms with van der Waals surface area (Å²) in [7, 11) is 0. The molecule has 1 aliphatic heterocycles. The number of hydrogen-bond donors (Lipinski definition) is 1. The van der Waals surface area contributed by atoms with E-state index in [1.807, 2.05) is 16.7 Å². The molecule has 0 atom stereocenters. The van der Waals surface area contributed by atoms with Crippen LogP contribution in [0.5, 0.6) is 0 Å². The highest BCUT2D eigenvalue weighted by Crippen LogP contribution is 2.34. The molecule has 0 aromatic heterocycles. The Balaban J connectivity index is 2.24. The summed E-state index contributed by atoms with van der Waals surface area (Å²) in [4.78, 5) is 1.83. The van der Waals surface area contributed by atoms with Crippen molar-refractivity contribution in [2.45, 2.75) is 31.4 Å². The Labute approximate surface area is 123 Å². The fraction of sp³-hybridized carbons (Fsp3) is 0.600. The van der Waals surface area contributed by atoms with Gasteiger partial charge in [-0.1, -0.05) is 13.8 Å². The zero-order valence-corrected chi connectivity index (χ0v) is 12.9. The maximum Gasteiger partial charge on any atom is 0.149 e. The maximum absolute atomic E-state index is 14.2. The van der Waals surface area contributed by atoms with E-state index in [4.69, 9.17) is 5.73 Å². The number of rotatable bonds is 3. The highest BCUT2D eigenvalue weighted by Gasteiger charge is 2.26. The fourth-order valence-corrected chi connectivity index (χ4v) is 3.57. The van der Waals surface area contributed by atoms with Gasteiger partial charge in [0.05, 0.1) is 0 Å². The first-order valence-electron chi connectivity index (χ1n) is 7.00. The Hall–Kier alpha value is -0.810. The molecule has 1 aromatic carbocycles. The summed E-state index contributed by atoms with van der Waals surface area (Å²) in [6.45, 7) is 6.12. The van der Waals surface area contributed by atoms with Crippen molar-refractivity contribution in [1.82, 2.24) is 0 Å². The summed E-state index contributed by atoms with van der Waals surface area (Å²) in [6, 6.07) is 2.82. The lowest BCUT2D eigenvalue weighted by atomic mass is 10.1. The minimum absolute atomic E-state index is 0.115. The van der Waals surface area contributed by atoms with E-state index in [-0.39, 0.29) is 10.4 Å². The number of thioether (sulfide) groups is 1. The van der Waals surface area contributed by atoms with Crippen LogP contribution in [-0.4, -0.2) is 30.1 Å². The van der Waals surface area contributed by atoms with Crippen LogP contribution in [-0.2, 0) is 6.42 Å². The molecule has 1 saturated heterocycles. The summed E-state index contributed by atoms with van der Waals surface area (Å²) in [5.41, 5.74) is 6.17. The third-order valence-corrected chi connectivity index (χ3v) is 5.04. The maximum atomic E-state index is 14.2. The number of nitrogens with zero attached hydrogens (tertiary/aromatic N) is 1. The molecule has 0 saturated carbocycles. The van der Waals surface area contributed by atoms with E-state index >= 15 is 0 Å². The first-order valence-corrected chi connectivity index (χ1v) is 7.98. The molecule has 1 heterocycles. The van der Waals surface area contributed by atoms with Gasteiger partial charge < -0.3 is 10.6 Å². The number of benzene rings is 1. The predicted molar refractivity (Wildman–Crippen MR) is 82.5 cm³/mol. The van der Waals surface area contributed by atoms with Gasteiger partial charge in [-0.05, 0) is 37.1 Å². The van der Waals surface area contributed by atoms with Crippen LogP contribution in [0, 0.1) is 11.6 Å². The molecule has 1 aromatic rings. The Kier molecular flexibility index (Phi) is 4.91. The van der Waals surface area contributed by atoms with Crippen LogP contribution in [0.15, 0.2) is 12.1 Å². The summed E-state index contributed by atoms with van der Waals surface area (Å²) >= 11 is 1.86. The molecule has 0 amide bonds. The number of halogens is 2. The van der Waals surface area contributed by atoms with Gasteiger partial charge in [-0.3, -0.25) is 0 Å². The van der Waals surface area contributed by atoms with E-state index in [0.717, 1.165) is 12.2 Å². The molecule has 0 aliphatic carbocycles. The first-order chi connectivity index (χ1) is 9.43. The van der Waals surface area contributed by atoms with Crippen molar-refractivity contribution in [3.8, 4) is 0 Å². The van der Waals surface area contributed by atoms with Gasteiger partial charge in [0.2, 0.25) is 0 Å². The first kappa shape index (κ1) is 15.6. The Morgan fingerprint density at radius 1 is 1.25 bits per heavy atom. The molecular formula is C15H22F2N2S. The van der Waals surface area contributed by atoms with Crippen molar-refractivity contribution in [3.05, 3.63) is 29.3 Å². The monoisotopic (exact) mass is 300 g/mol. The molecule has 2 nitrogen and oxygen atoms in total. The van der Waals surface area contributed by atoms with Crippen molar-refractivity contribution in [3.63, 3.8) is 0 Å². The number of nitrogens with two attached hydrogens (primary N) is 1. The summed E-state index contributed by atoms with van der Waals surface area (Å²) in [6.07, 6.45) is 1.41. The second-order valence-corrected chi connectivity index (χ2v) is 7.59. The van der Waals surface area contributed by atoms with Crippen LogP contribution in [0.1, 0.15) is 25.8 Å². The van der Waals surface area contributed by atoms with Crippen LogP contribution in [0.2, 0.25) is 0 Å². The van der Waals surface area contributed by atoms with Crippen LogP contribution in [0.3, 0.4) is 0 Å². The molecule has 2 N–H and O–H groups in total. The highest BCUT2D eigenvalue weighted by atomic mass is 32.2. The molecule has 0 bridgehead atoms. The molecule has 20 heavy (non-hydrogen) atoms. The summed E-state index contributed by atoms with van der Waals surface area (Å²) in [5.74, 6) is -0.0625. The highest BCUT2D eigenvalue weighted by molar-refractivity contribution is 8.00. The SMILES string of the molecule is CC1(C)CCN(c2c(F)cc(CCN)cc2F)CCS1. The molecule has 0 spiro atoms. The molecule has 5 heteroatoms. The quantitative estimate of drug-likeness (QED) is 0.929. The fourth-order valence-electron chi connectivity index (χ4n) is 2.48. The van der Waals surface area contributed by atoms with Crippen LogP contribution < -0.4 is 10.6 Å². The number of hydrogen-bond acceptors (Lipinski definition) is 3. The second kappa shape index (κ2) is 6.31.